The molecule has 2 N–H and O–H groups in total. The number of ketones is 1. The first-order valence-corrected chi connectivity index (χ1v) is 13.1. The van der Waals surface area contributed by atoms with Gasteiger partial charge in [-0.15, -0.1) is 0 Å². The van der Waals surface area contributed by atoms with Crippen molar-refractivity contribution in [3.63, 3.8) is 0 Å². The molecule has 3 aromatic rings. The molecule has 1 amide bonds. The van der Waals surface area contributed by atoms with Crippen LogP contribution in [0.15, 0.2) is 54.6 Å². The predicted octanol–water partition coefficient (Wildman–Crippen LogP) is 5.06. The fraction of sp³-hybridized carbons (Fsp3) is 0.250. The van der Waals surface area contributed by atoms with Crippen LogP contribution >= 0.6 is 11.8 Å². The van der Waals surface area contributed by atoms with E-state index in [9.17, 15) is 23.2 Å². The molecule has 1 aliphatic rings. The standard InChI is InChI=1S/C28H26F2N2O4S/c1-36-28(35)25(11-12-37-2)32-27(34)18-6-4-16-3-5-17-13-20(8-9-21(17)26(33)22(16)14-18)31-24-10-7-19(29)15-23(24)30/h4,6-10,13-15,25,31H,3,5,11-12H2,1-2H3,(H,32,34)/t25-/m0/s1. The van der Waals surface area contributed by atoms with Crippen molar-refractivity contribution in [3.8, 4) is 0 Å². The summed E-state index contributed by atoms with van der Waals surface area (Å²) in [5.74, 6) is -1.91. The summed E-state index contributed by atoms with van der Waals surface area (Å²) in [6.45, 7) is 0. The van der Waals surface area contributed by atoms with Gasteiger partial charge in [-0.05, 0) is 84.9 Å². The van der Waals surface area contributed by atoms with Gasteiger partial charge in [-0.2, -0.15) is 11.8 Å². The van der Waals surface area contributed by atoms with Gasteiger partial charge in [-0.25, -0.2) is 13.6 Å². The van der Waals surface area contributed by atoms with E-state index in [1.807, 2.05) is 6.26 Å². The van der Waals surface area contributed by atoms with Gasteiger partial charge in [0.15, 0.2) is 5.78 Å². The summed E-state index contributed by atoms with van der Waals surface area (Å²) in [7, 11) is 1.27. The Hall–Kier alpha value is -3.72. The van der Waals surface area contributed by atoms with Gasteiger partial charge in [-0.3, -0.25) is 9.59 Å². The molecule has 0 fully saturated rings. The molecule has 9 heteroatoms. The van der Waals surface area contributed by atoms with Gasteiger partial charge in [0, 0.05) is 28.4 Å². The number of esters is 1. The lowest BCUT2D eigenvalue weighted by atomic mass is 9.96. The van der Waals surface area contributed by atoms with Crippen LogP contribution in [0.2, 0.25) is 0 Å². The average Bonchev–Trinajstić information content (AvgIpc) is 3.03. The number of fused-ring (bicyclic) bond motifs is 2. The minimum Gasteiger partial charge on any atom is -0.467 e. The molecule has 0 aliphatic heterocycles. The minimum absolute atomic E-state index is 0.128. The Kier molecular flexibility index (Phi) is 8.23. The molecule has 4 rings (SSSR count). The number of benzene rings is 3. The monoisotopic (exact) mass is 524 g/mol. The summed E-state index contributed by atoms with van der Waals surface area (Å²) in [6, 6.07) is 12.6. The number of methoxy groups -OCH3 is 1. The second kappa shape index (κ2) is 11.6. The highest BCUT2D eigenvalue weighted by atomic mass is 32.2. The first kappa shape index (κ1) is 26.3. The zero-order valence-corrected chi connectivity index (χ0v) is 21.2. The van der Waals surface area contributed by atoms with Gasteiger partial charge in [0.25, 0.3) is 5.91 Å². The Labute approximate surface area is 217 Å². The Morgan fingerprint density at radius 1 is 1.00 bits per heavy atom. The molecule has 0 aromatic heterocycles. The van der Waals surface area contributed by atoms with Crippen LogP contribution in [0.5, 0.6) is 0 Å². The van der Waals surface area contributed by atoms with Gasteiger partial charge in [0.05, 0.1) is 12.8 Å². The lowest BCUT2D eigenvalue weighted by Crippen LogP contribution is -2.42. The van der Waals surface area contributed by atoms with Gasteiger partial charge < -0.3 is 15.4 Å². The summed E-state index contributed by atoms with van der Waals surface area (Å²) < 4.78 is 32.1. The zero-order valence-electron chi connectivity index (χ0n) is 20.4. The molecule has 0 saturated carbocycles. The van der Waals surface area contributed by atoms with Crippen LogP contribution in [0.25, 0.3) is 0 Å². The highest BCUT2D eigenvalue weighted by Crippen LogP contribution is 2.29. The number of anilines is 2. The minimum atomic E-state index is -0.781. The van der Waals surface area contributed by atoms with Crippen molar-refractivity contribution >= 4 is 40.8 Å². The van der Waals surface area contributed by atoms with E-state index < -0.39 is 29.6 Å². The number of thioether (sulfide) groups is 1. The molecular formula is C28H26F2N2O4S. The van der Waals surface area contributed by atoms with Crippen LogP contribution in [0, 0.1) is 11.6 Å². The molecule has 192 valence electrons. The first-order chi connectivity index (χ1) is 17.8. The van der Waals surface area contributed by atoms with Crippen molar-refractivity contribution < 1.29 is 27.9 Å². The zero-order chi connectivity index (χ0) is 26.5. The second-order valence-corrected chi connectivity index (χ2v) is 9.64. The number of halogens is 2. The van der Waals surface area contributed by atoms with E-state index in [-0.39, 0.29) is 17.0 Å². The van der Waals surface area contributed by atoms with E-state index in [1.165, 1.54) is 19.2 Å². The van der Waals surface area contributed by atoms with Gasteiger partial charge in [0.1, 0.15) is 17.7 Å². The molecule has 0 bridgehead atoms. The fourth-order valence-electron chi connectivity index (χ4n) is 4.28. The molecular weight excluding hydrogens is 498 g/mol. The lowest BCUT2D eigenvalue weighted by Gasteiger charge is -2.16. The van der Waals surface area contributed by atoms with E-state index >= 15 is 0 Å². The normalized spacial score (nSPS) is 13.1. The average molecular weight is 525 g/mol. The molecule has 0 heterocycles. The largest absolute Gasteiger partial charge is 0.467 e. The van der Waals surface area contributed by atoms with Crippen LogP contribution in [-0.2, 0) is 22.4 Å². The van der Waals surface area contributed by atoms with E-state index in [4.69, 9.17) is 4.74 Å². The van der Waals surface area contributed by atoms with Crippen LogP contribution in [-0.4, -0.2) is 42.8 Å². The number of nitrogens with one attached hydrogen (secondary N) is 2. The van der Waals surface area contributed by atoms with E-state index in [0.717, 1.165) is 17.2 Å². The van der Waals surface area contributed by atoms with Crippen LogP contribution in [0.3, 0.4) is 0 Å². The number of hydrogen-bond acceptors (Lipinski definition) is 6. The SMILES string of the molecule is COC(=O)[C@H](CCSC)NC(=O)c1ccc2c(c1)C(=O)c1ccc(Nc3ccc(F)cc3F)cc1CC2. The summed E-state index contributed by atoms with van der Waals surface area (Å²) in [5.41, 5.74) is 3.49. The maximum Gasteiger partial charge on any atom is 0.328 e. The number of carbonyl (C=O) groups excluding carboxylic acids is 3. The third kappa shape index (κ3) is 5.99. The quantitative estimate of drug-likeness (QED) is 0.401. The number of aryl methyl sites for hydroxylation is 2. The summed E-state index contributed by atoms with van der Waals surface area (Å²) >= 11 is 1.56. The molecule has 0 unspecified atom stereocenters. The summed E-state index contributed by atoms with van der Waals surface area (Å²) in [5, 5.41) is 5.64. The number of amides is 1. The lowest BCUT2D eigenvalue weighted by molar-refractivity contribution is -0.142. The van der Waals surface area contributed by atoms with Crippen molar-refractivity contribution in [1.29, 1.82) is 0 Å². The second-order valence-electron chi connectivity index (χ2n) is 8.65. The first-order valence-electron chi connectivity index (χ1n) is 11.7. The third-order valence-corrected chi connectivity index (χ3v) is 6.89. The van der Waals surface area contributed by atoms with E-state index in [0.29, 0.717) is 41.8 Å². The number of carbonyl (C=O) groups is 3. The Balaban J connectivity index is 1.56. The van der Waals surface area contributed by atoms with Gasteiger partial charge in [0.2, 0.25) is 0 Å². The van der Waals surface area contributed by atoms with Crippen molar-refractivity contribution in [2.45, 2.75) is 25.3 Å². The summed E-state index contributed by atoms with van der Waals surface area (Å²) in [6.07, 6.45) is 3.48. The Bertz CT molecular complexity index is 1360. The molecule has 37 heavy (non-hydrogen) atoms. The third-order valence-electron chi connectivity index (χ3n) is 6.24. The van der Waals surface area contributed by atoms with Crippen molar-refractivity contribution in [3.05, 3.63) is 94.0 Å². The highest BCUT2D eigenvalue weighted by Gasteiger charge is 2.25. The van der Waals surface area contributed by atoms with Crippen LogP contribution in [0.4, 0.5) is 20.2 Å². The molecule has 0 radical (unpaired) electrons. The molecule has 3 aromatic carbocycles. The molecule has 1 aliphatic carbocycles. The molecule has 6 nitrogen and oxygen atoms in total. The fourth-order valence-corrected chi connectivity index (χ4v) is 4.75. The van der Waals surface area contributed by atoms with Gasteiger partial charge in [-0.1, -0.05) is 6.07 Å². The van der Waals surface area contributed by atoms with Crippen molar-refractivity contribution in [1.82, 2.24) is 5.32 Å². The molecule has 0 spiro atoms. The maximum atomic E-state index is 14.1. The van der Waals surface area contributed by atoms with Crippen molar-refractivity contribution in [2.24, 2.45) is 0 Å². The number of hydrogen-bond donors (Lipinski definition) is 2. The van der Waals surface area contributed by atoms with Gasteiger partial charge >= 0.3 is 5.97 Å². The smallest absolute Gasteiger partial charge is 0.328 e. The number of rotatable bonds is 8. The molecule has 0 saturated heterocycles. The predicted molar refractivity (Wildman–Crippen MR) is 140 cm³/mol. The van der Waals surface area contributed by atoms with Crippen molar-refractivity contribution in [2.75, 3.05) is 24.4 Å². The maximum absolute atomic E-state index is 14.1. The summed E-state index contributed by atoms with van der Waals surface area (Å²) in [4.78, 5) is 38.5. The van der Waals surface area contributed by atoms with E-state index in [2.05, 4.69) is 10.6 Å². The molecule has 1 atom stereocenters. The van der Waals surface area contributed by atoms with Crippen LogP contribution < -0.4 is 10.6 Å². The van der Waals surface area contributed by atoms with Crippen LogP contribution in [0.1, 0.15) is 43.8 Å². The number of ether oxygens (including phenoxy) is 1. The van der Waals surface area contributed by atoms with E-state index in [1.54, 1.807) is 48.2 Å². The Morgan fingerprint density at radius 3 is 2.51 bits per heavy atom. The highest BCUT2D eigenvalue weighted by molar-refractivity contribution is 7.98. The topological polar surface area (TPSA) is 84.5 Å². The Morgan fingerprint density at radius 2 is 1.78 bits per heavy atom.